The molecule has 0 radical (unpaired) electrons. The molecular weight excluding hydrogens is 162 g/mol. The van der Waals surface area contributed by atoms with Gasteiger partial charge in [-0.05, 0) is 6.92 Å². The predicted molar refractivity (Wildman–Crippen MR) is 40.6 cm³/mol. The monoisotopic (exact) mass is 175 g/mol. The van der Waals surface area contributed by atoms with Gasteiger partial charge in [-0.15, -0.1) is 0 Å². The van der Waals surface area contributed by atoms with Gasteiger partial charge < -0.3 is 20.6 Å². The lowest BCUT2D eigenvalue weighted by Gasteiger charge is -2.34. The van der Waals surface area contributed by atoms with Gasteiger partial charge in [-0.25, -0.2) is 0 Å². The Kier molecular flexibility index (Phi) is 2.66. The number of hydrogen-bond donors (Lipinski definition) is 4. The number of aliphatic carboxylic acids is 1. The summed E-state index contributed by atoms with van der Waals surface area (Å²) < 4.78 is 0. The van der Waals surface area contributed by atoms with Crippen molar-refractivity contribution in [1.29, 1.82) is 0 Å². The molecular formula is C7H13NO4. The Hall–Kier alpha value is -0.650. The quantitative estimate of drug-likeness (QED) is 0.385. The van der Waals surface area contributed by atoms with Crippen molar-refractivity contribution >= 4 is 5.97 Å². The number of hydrogen-bond acceptors (Lipinski definition) is 4. The van der Waals surface area contributed by atoms with Gasteiger partial charge in [-0.3, -0.25) is 4.79 Å². The van der Waals surface area contributed by atoms with Crippen LogP contribution in [-0.2, 0) is 4.79 Å². The minimum absolute atomic E-state index is 0.203. The summed E-state index contributed by atoms with van der Waals surface area (Å²) in [4.78, 5) is 10.5. The fourth-order valence-electron chi connectivity index (χ4n) is 1.32. The number of carbonyl (C=O) groups is 1. The summed E-state index contributed by atoms with van der Waals surface area (Å²) in [5, 5.41) is 30.0. The van der Waals surface area contributed by atoms with Crippen LogP contribution < -0.4 is 5.32 Å². The maximum Gasteiger partial charge on any atom is 0.310 e. The molecule has 1 heterocycles. The van der Waals surface area contributed by atoms with Crippen LogP contribution in [0.5, 0.6) is 0 Å². The number of rotatable bonds is 1. The van der Waals surface area contributed by atoms with E-state index < -0.39 is 24.1 Å². The van der Waals surface area contributed by atoms with E-state index >= 15 is 0 Å². The molecule has 4 N–H and O–H groups in total. The molecule has 0 aromatic carbocycles. The number of aliphatic hydroxyl groups excluding tert-OH is 2. The molecule has 1 fully saturated rings. The predicted octanol–water partition coefficient (Wildman–Crippen LogP) is -1.60. The van der Waals surface area contributed by atoms with E-state index in [1.165, 1.54) is 0 Å². The molecule has 0 aromatic rings. The van der Waals surface area contributed by atoms with Crippen LogP contribution in [0.2, 0.25) is 0 Å². The molecule has 4 atom stereocenters. The number of carboxylic acids is 1. The number of carboxylic acid groups (broad SMARTS) is 1. The summed E-state index contributed by atoms with van der Waals surface area (Å²) in [6.45, 7) is 1.90. The molecule has 0 amide bonds. The Morgan fingerprint density at radius 2 is 2.00 bits per heavy atom. The van der Waals surface area contributed by atoms with E-state index in [0.29, 0.717) is 0 Å². The summed E-state index contributed by atoms with van der Waals surface area (Å²) in [5.74, 6) is -1.99. The van der Waals surface area contributed by atoms with E-state index in [9.17, 15) is 15.0 Å². The summed E-state index contributed by atoms with van der Waals surface area (Å²) in [7, 11) is 0. The van der Waals surface area contributed by atoms with Crippen LogP contribution in [0.25, 0.3) is 0 Å². The maximum atomic E-state index is 10.5. The second-order valence-corrected chi connectivity index (χ2v) is 3.12. The Morgan fingerprint density at radius 3 is 2.50 bits per heavy atom. The Balaban J connectivity index is 2.65. The van der Waals surface area contributed by atoms with Gasteiger partial charge in [0.25, 0.3) is 0 Å². The van der Waals surface area contributed by atoms with Gasteiger partial charge in [0.1, 0.15) is 0 Å². The van der Waals surface area contributed by atoms with E-state index in [-0.39, 0.29) is 12.6 Å². The van der Waals surface area contributed by atoms with Gasteiger partial charge in [0.15, 0.2) is 0 Å². The van der Waals surface area contributed by atoms with Crippen LogP contribution in [0.15, 0.2) is 0 Å². The van der Waals surface area contributed by atoms with Crippen molar-refractivity contribution in [3.05, 3.63) is 0 Å². The topological polar surface area (TPSA) is 89.8 Å². The Bertz CT molecular complexity index is 184. The summed E-state index contributed by atoms with van der Waals surface area (Å²) in [6, 6.07) is -0.254. The van der Waals surface area contributed by atoms with Crippen LogP contribution in [0.1, 0.15) is 6.92 Å². The maximum absolute atomic E-state index is 10.5. The summed E-state index contributed by atoms with van der Waals surface area (Å²) in [5.41, 5.74) is 0. The van der Waals surface area contributed by atoms with Gasteiger partial charge in [0, 0.05) is 12.6 Å². The van der Waals surface area contributed by atoms with Crippen molar-refractivity contribution < 1.29 is 20.1 Å². The van der Waals surface area contributed by atoms with Gasteiger partial charge >= 0.3 is 5.97 Å². The van der Waals surface area contributed by atoms with E-state index in [1.54, 1.807) is 6.92 Å². The Labute approximate surface area is 70.0 Å². The fourth-order valence-corrected chi connectivity index (χ4v) is 1.32. The van der Waals surface area contributed by atoms with Crippen molar-refractivity contribution in [3.8, 4) is 0 Å². The number of aliphatic hydroxyl groups is 2. The molecule has 12 heavy (non-hydrogen) atoms. The summed E-state index contributed by atoms with van der Waals surface area (Å²) >= 11 is 0. The zero-order chi connectivity index (χ0) is 9.30. The minimum Gasteiger partial charge on any atom is -0.481 e. The lowest BCUT2D eigenvalue weighted by atomic mass is 9.90. The van der Waals surface area contributed by atoms with Crippen molar-refractivity contribution in [2.45, 2.75) is 25.2 Å². The first kappa shape index (κ1) is 9.44. The lowest BCUT2D eigenvalue weighted by molar-refractivity contribution is -0.152. The highest BCUT2D eigenvalue weighted by Gasteiger charge is 2.38. The van der Waals surface area contributed by atoms with E-state index in [2.05, 4.69) is 5.32 Å². The van der Waals surface area contributed by atoms with Crippen LogP contribution in [0.4, 0.5) is 0 Å². The summed E-state index contributed by atoms with van der Waals surface area (Å²) in [6.07, 6.45) is -2.17. The van der Waals surface area contributed by atoms with Gasteiger partial charge in [0.05, 0.1) is 18.1 Å². The molecule has 5 nitrogen and oxygen atoms in total. The smallest absolute Gasteiger partial charge is 0.310 e. The minimum atomic E-state index is -1.17. The normalized spacial score (nSPS) is 42.6. The second-order valence-electron chi connectivity index (χ2n) is 3.12. The van der Waals surface area contributed by atoms with Crippen LogP contribution in [-0.4, -0.2) is 46.1 Å². The van der Waals surface area contributed by atoms with Crippen LogP contribution >= 0.6 is 0 Å². The van der Waals surface area contributed by atoms with Crippen molar-refractivity contribution in [3.63, 3.8) is 0 Å². The van der Waals surface area contributed by atoms with Gasteiger partial charge in [0.2, 0.25) is 0 Å². The largest absolute Gasteiger partial charge is 0.481 e. The molecule has 1 rings (SSSR count). The van der Waals surface area contributed by atoms with E-state index in [1.807, 2.05) is 0 Å². The van der Waals surface area contributed by atoms with Crippen LogP contribution in [0, 0.1) is 5.92 Å². The molecule has 0 aromatic heterocycles. The highest BCUT2D eigenvalue weighted by molar-refractivity contribution is 5.71. The van der Waals surface area contributed by atoms with Crippen molar-refractivity contribution in [2.75, 3.05) is 6.54 Å². The third-order valence-electron chi connectivity index (χ3n) is 2.25. The molecule has 1 saturated heterocycles. The molecule has 5 heteroatoms. The molecule has 0 bridgehead atoms. The average molecular weight is 175 g/mol. The molecule has 4 unspecified atom stereocenters. The van der Waals surface area contributed by atoms with Crippen molar-refractivity contribution in [2.24, 2.45) is 5.92 Å². The first-order chi connectivity index (χ1) is 5.54. The third kappa shape index (κ3) is 1.57. The zero-order valence-electron chi connectivity index (χ0n) is 6.77. The number of piperidine rings is 1. The van der Waals surface area contributed by atoms with Crippen molar-refractivity contribution in [1.82, 2.24) is 5.32 Å². The molecule has 70 valence electrons. The highest BCUT2D eigenvalue weighted by atomic mass is 16.4. The highest BCUT2D eigenvalue weighted by Crippen LogP contribution is 2.15. The van der Waals surface area contributed by atoms with Gasteiger partial charge in [-0.1, -0.05) is 0 Å². The first-order valence-corrected chi connectivity index (χ1v) is 3.86. The van der Waals surface area contributed by atoms with E-state index in [0.717, 1.165) is 0 Å². The first-order valence-electron chi connectivity index (χ1n) is 3.86. The molecule has 0 aliphatic carbocycles. The molecule has 0 saturated carbocycles. The fraction of sp³-hybridized carbons (Fsp3) is 0.857. The zero-order valence-corrected chi connectivity index (χ0v) is 6.77. The average Bonchev–Trinajstić information content (AvgIpc) is 2.00. The van der Waals surface area contributed by atoms with Crippen LogP contribution in [0.3, 0.4) is 0 Å². The third-order valence-corrected chi connectivity index (χ3v) is 2.25. The SMILES string of the molecule is CC1NCC(C(=O)O)C(O)C1O. The van der Waals surface area contributed by atoms with E-state index in [4.69, 9.17) is 5.11 Å². The Morgan fingerprint density at radius 1 is 1.42 bits per heavy atom. The molecule has 1 aliphatic rings. The molecule has 0 spiro atoms. The second kappa shape index (κ2) is 3.38. The lowest BCUT2D eigenvalue weighted by Crippen LogP contribution is -2.57. The standard InChI is InChI=1S/C7H13NO4/c1-3-5(9)6(10)4(2-8-3)7(11)12/h3-6,8-10H,2H2,1H3,(H,11,12). The molecule has 1 aliphatic heterocycles. The number of nitrogens with one attached hydrogen (secondary N) is 1. The van der Waals surface area contributed by atoms with Gasteiger partial charge in [-0.2, -0.15) is 0 Å².